The van der Waals surface area contributed by atoms with Gasteiger partial charge in [-0.1, -0.05) is 6.07 Å². The van der Waals surface area contributed by atoms with Gasteiger partial charge >= 0.3 is 0 Å². The number of aryl methyl sites for hydroxylation is 1. The molecule has 0 bridgehead atoms. The van der Waals surface area contributed by atoms with Crippen LogP contribution in [0.2, 0.25) is 0 Å². The summed E-state index contributed by atoms with van der Waals surface area (Å²) in [6, 6.07) is 5.72. The Hall–Kier alpha value is -1.26. The van der Waals surface area contributed by atoms with Gasteiger partial charge in [-0.15, -0.1) is 11.3 Å². The fourth-order valence-electron chi connectivity index (χ4n) is 1.17. The molecule has 1 N–H and O–H groups in total. The number of aliphatic hydroxyl groups excluding tert-OH is 1. The maximum atomic E-state index is 9.00. The minimum Gasteiger partial charge on any atom is -0.390 e. The lowest BCUT2D eigenvalue weighted by molar-refractivity contribution is 0.277. The molecular weight excluding hydrogens is 196 g/mol. The maximum Gasteiger partial charge on any atom is 0.142 e. The van der Waals surface area contributed by atoms with Crippen LogP contribution in [0, 0.1) is 6.92 Å². The third-order valence-corrected chi connectivity index (χ3v) is 2.96. The predicted octanol–water partition coefficient (Wildman–Crippen LogP) is 2.01. The van der Waals surface area contributed by atoms with Gasteiger partial charge < -0.3 is 5.11 Å². The first-order chi connectivity index (χ1) is 6.81. The van der Waals surface area contributed by atoms with Gasteiger partial charge in [0.1, 0.15) is 5.01 Å². The first-order valence-corrected chi connectivity index (χ1v) is 5.11. The van der Waals surface area contributed by atoms with Gasteiger partial charge in [-0.2, -0.15) is 0 Å². The molecule has 0 atom stereocenters. The lowest BCUT2D eigenvalue weighted by atomic mass is 10.3. The molecule has 0 radical (unpaired) electrons. The average Bonchev–Trinajstić information content (AvgIpc) is 2.61. The third kappa shape index (κ3) is 1.66. The van der Waals surface area contributed by atoms with E-state index in [-0.39, 0.29) is 6.61 Å². The number of hydrogen-bond donors (Lipinski definition) is 1. The van der Waals surface area contributed by atoms with Crippen LogP contribution < -0.4 is 0 Å². The maximum absolute atomic E-state index is 9.00. The monoisotopic (exact) mass is 206 g/mol. The van der Waals surface area contributed by atoms with E-state index in [0.29, 0.717) is 0 Å². The van der Waals surface area contributed by atoms with Gasteiger partial charge in [-0.05, 0) is 19.1 Å². The van der Waals surface area contributed by atoms with Crippen LogP contribution in [0.4, 0.5) is 0 Å². The summed E-state index contributed by atoms with van der Waals surface area (Å²) in [5, 5.41) is 9.87. The predicted molar refractivity (Wildman–Crippen MR) is 56.0 cm³/mol. The molecule has 2 aromatic rings. The molecule has 0 fully saturated rings. The third-order valence-electron chi connectivity index (χ3n) is 1.93. The highest BCUT2D eigenvalue weighted by molar-refractivity contribution is 7.15. The van der Waals surface area contributed by atoms with Crippen LogP contribution in [0.1, 0.15) is 10.6 Å². The van der Waals surface area contributed by atoms with Crippen LogP contribution in [0.5, 0.6) is 0 Å². The summed E-state index contributed by atoms with van der Waals surface area (Å²) >= 11 is 1.56. The summed E-state index contributed by atoms with van der Waals surface area (Å²) < 4.78 is 0. The minimum atomic E-state index is -0.00479. The Morgan fingerprint density at radius 3 is 2.86 bits per heavy atom. The number of rotatable bonds is 2. The first kappa shape index (κ1) is 9.30. The summed E-state index contributed by atoms with van der Waals surface area (Å²) in [6.45, 7) is 1.95. The van der Waals surface area contributed by atoms with Crippen molar-refractivity contribution in [1.82, 2.24) is 9.97 Å². The zero-order chi connectivity index (χ0) is 9.97. The molecule has 0 saturated carbocycles. The molecule has 0 aliphatic heterocycles. The smallest absolute Gasteiger partial charge is 0.142 e. The highest BCUT2D eigenvalue weighted by Crippen LogP contribution is 2.25. The van der Waals surface area contributed by atoms with Gasteiger partial charge in [-0.3, -0.25) is 4.98 Å². The quantitative estimate of drug-likeness (QED) is 0.817. The van der Waals surface area contributed by atoms with Crippen LogP contribution in [-0.2, 0) is 6.61 Å². The molecule has 4 heteroatoms. The Bertz CT molecular complexity index is 425. The van der Waals surface area contributed by atoms with Crippen LogP contribution >= 0.6 is 11.3 Å². The van der Waals surface area contributed by atoms with E-state index in [1.165, 1.54) is 0 Å². The Morgan fingerprint density at radius 1 is 1.43 bits per heavy atom. The Morgan fingerprint density at radius 2 is 2.29 bits per heavy atom. The first-order valence-electron chi connectivity index (χ1n) is 4.30. The fourth-order valence-corrected chi connectivity index (χ4v) is 2.07. The van der Waals surface area contributed by atoms with E-state index in [2.05, 4.69) is 9.97 Å². The lowest BCUT2D eigenvalue weighted by Gasteiger charge is -1.91. The van der Waals surface area contributed by atoms with Crippen molar-refractivity contribution in [3.05, 3.63) is 35.0 Å². The molecule has 0 unspecified atom stereocenters. The van der Waals surface area contributed by atoms with E-state index in [0.717, 1.165) is 21.3 Å². The van der Waals surface area contributed by atoms with Crippen LogP contribution in [0.3, 0.4) is 0 Å². The minimum absolute atomic E-state index is 0.00479. The number of hydrogen-bond acceptors (Lipinski definition) is 4. The van der Waals surface area contributed by atoms with Gasteiger partial charge in [0.2, 0.25) is 0 Å². The molecule has 0 saturated heterocycles. The second kappa shape index (κ2) is 3.86. The Kier molecular flexibility index (Phi) is 2.56. The van der Waals surface area contributed by atoms with Crippen LogP contribution in [-0.4, -0.2) is 15.1 Å². The zero-order valence-electron chi connectivity index (χ0n) is 7.77. The number of pyridine rings is 1. The SMILES string of the molecule is Cc1sc(-c2ccccn2)nc1CO. The fraction of sp³-hybridized carbons (Fsp3) is 0.200. The van der Waals surface area contributed by atoms with Gasteiger partial charge in [-0.25, -0.2) is 4.98 Å². The Labute approximate surface area is 86.1 Å². The van der Waals surface area contributed by atoms with Crippen molar-refractivity contribution in [2.75, 3.05) is 0 Å². The van der Waals surface area contributed by atoms with E-state index < -0.39 is 0 Å². The van der Waals surface area contributed by atoms with Crippen molar-refractivity contribution in [2.45, 2.75) is 13.5 Å². The second-order valence-corrected chi connectivity index (χ2v) is 4.10. The summed E-state index contributed by atoms with van der Waals surface area (Å²) in [6.07, 6.45) is 1.74. The average molecular weight is 206 g/mol. The second-order valence-electron chi connectivity index (χ2n) is 2.89. The van der Waals surface area contributed by atoms with Gasteiger partial charge in [0.05, 0.1) is 18.0 Å². The summed E-state index contributed by atoms with van der Waals surface area (Å²) in [7, 11) is 0. The van der Waals surface area contributed by atoms with E-state index >= 15 is 0 Å². The van der Waals surface area contributed by atoms with E-state index in [4.69, 9.17) is 5.11 Å². The van der Waals surface area contributed by atoms with Gasteiger partial charge in [0.15, 0.2) is 0 Å². The molecule has 0 amide bonds. The van der Waals surface area contributed by atoms with Crippen LogP contribution in [0.25, 0.3) is 10.7 Å². The molecule has 0 spiro atoms. The van der Waals surface area contributed by atoms with E-state index in [1.54, 1.807) is 17.5 Å². The topological polar surface area (TPSA) is 46.0 Å². The van der Waals surface area contributed by atoms with Crippen molar-refractivity contribution < 1.29 is 5.11 Å². The van der Waals surface area contributed by atoms with Crippen molar-refractivity contribution >= 4 is 11.3 Å². The molecule has 2 heterocycles. The lowest BCUT2D eigenvalue weighted by Crippen LogP contribution is -1.86. The molecule has 0 aliphatic rings. The molecule has 3 nitrogen and oxygen atoms in total. The molecular formula is C10H10N2OS. The highest BCUT2D eigenvalue weighted by Gasteiger charge is 2.08. The molecule has 2 aromatic heterocycles. The normalized spacial score (nSPS) is 10.4. The molecule has 2 rings (SSSR count). The Balaban J connectivity index is 2.43. The summed E-state index contributed by atoms with van der Waals surface area (Å²) in [4.78, 5) is 9.56. The molecule has 14 heavy (non-hydrogen) atoms. The number of nitrogens with zero attached hydrogens (tertiary/aromatic N) is 2. The molecule has 0 aromatic carbocycles. The number of thiazole rings is 1. The van der Waals surface area contributed by atoms with Crippen molar-refractivity contribution in [3.63, 3.8) is 0 Å². The van der Waals surface area contributed by atoms with E-state index in [1.807, 2.05) is 25.1 Å². The van der Waals surface area contributed by atoms with E-state index in [9.17, 15) is 0 Å². The van der Waals surface area contributed by atoms with Crippen LogP contribution in [0.15, 0.2) is 24.4 Å². The summed E-state index contributed by atoms with van der Waals surface area (Å²) in [5.74, 6) is 0. The zero-order valence-corrected chi connectivity index (χ0v) is 8.58. The highest BCUT2D eigenvalue weighted by atomic mass is 32.1. The number of aliphatic hydroxyl groups is 1. The largest absolute Gasteiger partial charge is 0.390 e. The van der Waals surface area contributed by atoms with Gasteiger partial charge in [0.25, 0.3) is 0 Å². The standard InChI is InChI=1S/C10H10N2OS/c1-7-9(6-13)12-10(14-7)8-4-2-3-5-11-8/h2-5,13H,6H2,1H3. The van der Waals surface area contributed by atoms with Crippen molar-refractivity contribution in [2.24, 2.45) is 0 Å². The van der Waals surface area contributed by atoms with Crippen molar-refractivity contribution in [3.8, 4) is 10.7 Å². The summed E-state index contributed by atoms with van der Waals surface area (Å²) in [5.41, 5.74) is 1.61. The van der Waals surface area contributed by atoms with Crippen molar-refractivity contribution in [1.29, 1.82) is 0 Å². The van der Waals surface area contributed by atoms with Gasteiger partial charge in [0, 0.05) is 11.1 Å². The molecule has 0 aliphatic carbocycles. The molecule has 72 valence electrons. The number of aromatic nitrogens is 2.